The van der Waals surface area contributed by atoms with Gasteiger partial charge in [-0.2, -0.15) is 0 Å². The second-order valence-corrected chi connectivity index (χ2v) is 5.33. The number of carbonyl (C=O) groups is 1. The quantitative estimate of drug-likeness (QED) is 0.838. The van der Waals surface area contributed by atoms with Crippen LogP contribution in [0.2, 0.25) is 0 Å². The molecule has 0 bridgehead atoms. The Morgan fingerprint density at radius 1 is 1.45 bits per heavy atom. The number of para-hydroxylation sites is 2. The third-order valence-corrected chi connectivity index (χ3v) is 3.17. The van der Waals surface area contributed by atoms with Crippen LogP contribution in [0.1, 0.15) is 20.3 Å². The molecule has 108 valence electrons. The fourth-order valence-electron chi connectivity index (χ4n) is 2.12. The van der Waals surface area contributed by atoms with Gasteiger partial charge in [0.15, 0.2) is 0 Å². The van der Waals surface area contributed by atoms with Crippen molar-refractivity contribution in [2.24, 2.45) is 0 Å². The molecule has 20 heavy (non-hydrogen) atoms. The van der Waals surface area contributed by atoms with Gasteiger partial charge >= 0.3 is 0 Å². The molecule has 1 N–H and O–H groups in total. The highest BCUT2D eigenvalue weighted by molar-refractivity contribution is 5.96. The van der Waals surface area contributed by atoms with E-state index in [1.54, 1.807) is 4.90 Å². The number of fused-ring (bicyclic) bond motifs is 1. The smallest absolute Gasteiger partial charge is 0.230 e. The van der Waals surface area contributed by atoms with Crippen molar-refractivity contribution in [3.63, 3.8) is 0 Å². The number of carbonyl (C=O) groups excluding carboxylic acids is 1. The largest absolute Gasteiger partial charge is 0.491 e. The number of hydrogen-bond acceptors (Lipinski definition) is 3. The van der Waals surface area contributed by atoms with Gasteiger partial charge in [-0.1, -0.05) is 32.6 Å². The van der Waals surface area contributed by atoms with Crippen LogP contribution >= 0.6 is 0 Å². The fourth-order valence-corrected chi connectivity index (χ4v) is 2.12. The molecule has 4 heteroatoms. The lowest BCUT2D eigenvalue weighted by Gasteiger charge is -2.23. The second-order valence-electron chi connectivity index (χ2n) is 5.33. The standard InChI is InChI=1S/C16H22N2O2/c1-12(2)17-10-13(3)11-18-14-6-4-5-7-15(14)20-9-8-16(18)19/h4-7,12,17H,3,8-11H2,1-2H3. The Morgan fingerprint density at radius 3 is 2.95 bits per heavy atom. The molecule has 0 saturated carbocycles. The van der Waals surface area contributed by atoms with Crippen LogP contribution in [-0.2, 0) is 4.79 Å². The lowest BCUT2D eigenvalue weighted by atomic mass is 10.2. The first-order valence-electron chi connectivity index (χ1n) is 7.00. The van der Waals surface area contributed by atoms with E-state index in [4.69, 9.17) is 4.74 Å². The van der Waals surface area contributed by atoms with Crippen molar-refractivity contribution in [2.45, 2.75) is 26.3 Å². The van der Waals surface area contributed by atoms with E-state index < -0.39 is 0 Å². The van der Waals surface area contributed by atoms with Gasteiger partial charge in [0.2, 0.25) is 5.91 Å². The minimum Gasteiger partial charge on any atom is -0.491 e. The van der Waals surface area contributed by atoms with Crippen LogP contribution in [0.5, 0.6) is 5.75 Å². The maximum Gasteiger partial charge on any atom is 0.230 e. The van der Waals surface area contributed by atoms with Crippen LogP contribution in [0, 0.1) is 0 Å². The molecule has 0 saturated heterocycles. The van der Waals surface area contributed by atoms with Crippen LogP contribution in [0.25, 0.3) is 0 Å². The summed E-state index contributed by atoms with van der Waals surface area (Å²) in [5.74, 6) is 0.851. The zero-order chi connectivity index (χ0) is 14.5. The number of benzene rings is 1. The highest BCUT2D eigenvalue weighted by Gasteiger charge is 2.23. The van der Waals surface area contributed by atoms with Crippen molar-refractivity contribution in [2.75, 3.05) is 24.6 Å². The van der Waals surface area contributed by atoms with E-state index >= 15 is 0 Å². The van der Waals surface area contributed by atoms with Crippen molar-refractivity contribution in [3.8, 4) is 5.75 Å². The summed E-state index contributed by atoms with van der Waals surface area (Å²) in [6.07, 6.45) is 0.402. The minimum absolute atomic E-state index is 0.0839. The number of rotatable bonds is 5. The Hall–Kier alpha value is -1.81. The van der Waals surface area contributed by atoms with Gasteiger partial charge in [-0.25, -0.2) is 0 Å². The monoisotopic (exact) mass is 274 g/mol. The molecule has 0 aliphatic carbocycles. The zero-order valence-electron chi connectivity index (χ0n) is 12.2. The summed E-state index contributed by atoms with van der Waals surface area (Å²) in [7, 11) is 0. The van der Waals surface area contributed by atoms with E-state index in [0.717, 1.165) is 17.0 Å². The van der Waals surface area contributed by atoms with Crippen LogP contribution in [0.4, 0.5) is 5.69 Å². The first-order chi connectivity index (χ1) is 9.58. The number of ether oxygens (including phenoxy) is 1. The van der Waals surface area contributed by atoms with Gasteiger partial charge < -0.3 is 15.0 Å². The predicted molar refractivity (Wildman–Crippen MR) is 81.2 cm³/mol. The molecule has 0 spiro atoms. The van der Waals surface area contributed by atoms with E-state index in [-0.39, 0.29) is 5.91 Å². The molecule has 2 rings (SSSR count). The van der Waals surface area contributed by atoms with E-state index in [9.17, 15) is 4.79 Å². The summed E-state index contributed by atoms with van der Waals surface area (Å²) in [5.41, 5.74) is 1.82. The molecule has 0 aromatic heterocycles. The van der Waals surface area contributed by atoms with Crippen LogP contribution in [0.15, 0.2) is 36.4 Å². The first-order valence-corrected chi connectivity index (χ1v) is 7.00. The number of nitrogens with one attached hydrogen (secondary N) is 1. The Morgan fingerprint density at radius 2 is 2.20 bits per heavy atom. The van der Waals surface area contributed by atoms with E-state index in [2.05, 4.69) is 25.7 Å². The number of nitrogens with zero attached hydrogens (tertiary/aromatic N) is 1. The average molecular weight is 274 g/mol. The summed E-state index contributed by atoms with van der Waals surface area (Å²) < 4.78 is 5.62. The SMILES string of the molecule is C=C(CNC(C)C)CN1C(=O)CCOc2ccccc21. The Bertz CT molecular complexity index is 497. The Kier molecular flexibility index (Phi) is 4.79. The Balaban J connectivity index is 2.12. The number of hydrogen-bond donors (Lipinski definition) is 1. The van der Waals surface area contributed by atoms with E-state index in [1.807, 2.05) is 24.3 Å². The highest BCUT2D eigenvalue weighted by atomic mass is 16.5. The van der Waals surface area contributed by atoms with Gasteiger partial charge in [-0.3, -0.25) is 4.79 Å². The molecule has 1 heterocycles. The van der Waals surface area contributed by atoms with Crippen molar-refractivity contribution in [1.82, 2.24) is 5.32 Å². The molecule has 1 amide bonds. The van der Waals surface area contributed by atoms with Crippen molar-refractivity contribution < 1.29 is 9.53 Å². The molecule has 0 atom stereocenters. The summed E-state index contributed by atoms with van der Waals surface area (Å²) in [6, 6.07) is 8.06. The molecular weight excluding hydrogens is 252 g/mol. The lowest BCUT2D eigenvalue weighted by Crippen LogP contribution is -2.35. The third kappa shape index (κ3) is 3.61. The van der Waals surface area contributed by atoms with Gasteiger partial charge in [-0.15, -0.1) is 0 Å². The molecule has 0 fully saturated rings. The van der Waals surface area contributed by atoms with Gasteiger partial charge in [0, 0.05) is 19.1 Å². The lowest BCUT2D eigenvalue weighted by molar-refractivity contribution is -0.118. The molecule has 0 unspecified atom stereocenters. The van der Waals surface area contributed by atoms with Gasteiger partial charge in [0.05, 0.1) is 18.7 Å². The van der Waals surface area contributed by atoms with Gasteiger partial charge in [0.1, 0.15) is 5.75 Å². The van der Waals surface area contributed by atoms with E-state index in [1.165, 1.54) is 0 Å². The summed E-state index contributed by atoms with van der Waals surface area (Å²) >= 11 is 0. The van der Waals surface area contributed by atoms with Crippen LogP contribution in [0.3, 0.4) is 0 Å². The van der Waals surface area contributed by atoms with Gasteiger partial charge in [-0.05, 0) is 17.7 Å². The average Bonchev–Trinajstić information content (AvgIpc) is 2.57. The fraction of sp³-hybridized carbons (Fsp3) is 0.438. The normalized spacial score (nSPS) is 14.8. The Labute approximate surface area is 120 Å². The molecule has 1 aliphatic heterocycles. The van der Waals surface area contributed by atoms with Crippen LogP contribution < -0.4 is 15.0 Å². The van der Waals surface area contributed by atoms with E-state index in [0.29, 0.717) is 32.2 Å². The zero-order valence-corrected chi connectivity index (χ0v) is 12.2. The molecule has 1 aliphatic rings. The first kappa shape index (κ1) is 14.6. The maximum atomic E-state index is 12.2. The molecule has 4 nitrogen and oxygen atoms in total. The molecule has 1 aromatic carbocycles. The predicted octanol–water partition coefficient (Wildman–Crippen LogP) is 2.36. The van der Waals surface area contributed by atoms with Gasteiger partial charge in [0.25, 0.3) is 0 Å². The van der Waals surface area contributed by atoms with Crippen LogP contribution in [-0.4, -0.2) is 31.6 Å². The number of amides is 1. The molecule has 1 aromatic rings. The molecule has 0 radical (unpaired) electrons. The summed E-state index contributed by atoms with van der Waals surface area (Å²) in [5, 5.41) is 3.32. The topological polar surface area (TPSA) is 41.6 Å². The molecular formula is C16H22N2O2. The van der Waals surface area contributed by atoms with Crippen molar-refractivity contribution in [1.29, 1.82) is 0 Å². The maximum absolute atomic E-state index is 12.2. The summed E-state index contributed by atoms with van der Waals surface area (Å²) in [6.45, 7) is 9.92. The third-order valence-electron chi connectivity index (χ3n) is 3.17. The number of anilines is 1. The second kappa shape index (κ2) is 6.57. The highest BCUT2D eigenvalue weighted by Crippen LogP contribution is 2.31. The van der Waals surface area contributed by atoms with Crippen molar-refractivity contribution in [3.05, 3.63) is 36.4 Å². The van der Waals surface area contributed by atoms with Crippen molar-refractivity contribution >= 4 is 11.6 Å². The minimum atomic E-state index is 0.0839. The summed E-state index contributed by atoms with van der Waals surface area (Å²) in [4.78, 5) is 14.0.